The summed E-state index contributed by atoms with van der Waals surface area (Å²) >= 11 is 0. The molecule has 4 nitrogen and oxygen atoms in total. The van der Waals surface area contributed by atoms with Gasteiger partial charge in [-0.25, -0.2) is 0 Å². The van der Waals surface area contributed by atoms with Gasteiger partial charge >= 0.3 is 5.97 Å². The maximum Gasteiger partial charge on any atom is 0.321 e. The number of aliphatic hydroxyl groups is 1. The van der Waals surface area contributed by atoms with Crippen molar-refractivity contribution in [3.63, 3.8) is 0 Å². The van der Waals surface area contributed by atoms with Crippen LogP contribution in [0, 0.1) is 0 Å². The van der Waals surface area contributed by atoms with Gasteiger partial charge in [-0.05, 0) is 7.05 Å². The van der Waals surface area contributed by atoms with Crippen LogP contribution >= 0.6 is 12.4 Å². The monoisotopic (exact) mass is 181 g/mol. The summed E-state index contributed by atoms with van der Waals surface area (Å²) in [4.78, 5) is 12.1. The third-order valence-corrected chi connectivity index (χ3v) is 1.81. The summed E-state index contributed by atoms with van der Waals surface area (Å²) < 4.78 is 0. The van der Waals surface area contributed by atoms with Crippen LogP contribution in [-0.2, 0) is 4.79 Å². The van der Waals surface area contributed by atoms with Crippen molar-refractivity contribution in [2.45, 2.75) is 18.6 Å². The van der Waals surface area contributed by atoms with Gasteiger partial charge in [0.2, 0.25) is 0 Å². The molecule has 2 atom stereocenters. The molecule has 0 aromatic rings. The number of carboxylic acids is 1. The lowest BCUT2D eigenvalue weighted by Gasteiger charge is -2.12. The SMILES string of the molecule is CN1C[C@H](O)C[C@H]1C(=O)O.Cl. The third kappa shape index (κ3) is 2.32. The number of carbonyl (C=O) groups is 1. The highest BCUT2D eigenvalue weighted by molar-refractivity contribution is 5.85. The van der Waals surface area contributed by atoms with Gasteiger partial charge in [0, 0.05) is 13.0 Å². The van der Waals surface area contributed by atoms with Gasteiger partial charge in [-0.3, -0.25) is 9.69 Å². The topological polar surface area (TPSA) is 60.8 Å². The van der Waals surface area contributed by atoms with Crippen LogP contribution in [0.4, 0.5) is 0 Å². The van der Waals surface area contributed by atoms with E-state index in [0.717, 1.165) is 0 Å². The highest BCUT2D eigenvalue weighted by atomic mass is 35.5. The Kier molecular flexibility index (Phi) is 3.78. The smallest absolute Gasteiger partial charge is 0.321 e. The Morgan fingerprint density at radius 2 is 2.18 bits per heavy atom. The second kappa shape index (κ2) is 3.90. The molecule has 0 bridgehead atoms. The maximum atomic E-state index is 10.4. The molecule has 0 aliphatic carbocycles. The van der Waals surface area contributed by atoms with Crippen molar-refractivity contribution in [2.75, 3.05) is 13.6 Å². The first-order valence-electron chi connectivity index (χ1n) is 3.22. The van der Waals surface area contributed by atoms with E-state index in [1.165, 1.54) is 0 Å². The van der Waals surface area contributed by atoms with Crippen LogP contribution in [0.1, 0.15) is 6.42 Å². The molecule has 5 heteroatoms. The molecule has 0 amide bonds. The number of nitrogens with zero attached hydrogens (tertiary/aromatic N) is 1. The first-order chi connectivity index (χ1) is 4.61. The van der Waals surface area contributed by atoms with E-state index in [1.807, 2.05) is 0 Å². The molecule has 11 heavy (non-hydrogen) atoms. The standard InChI is InChI=1S/C6H11NO3.ClH/c1-7-3-4(8)2-5(7)6(9)10;/h4-5,8H,2-3H2,1H3,(H,9,10);1H/t4-,5+;/m1./s1. The quantitative estimate of drug-likeness (QED) is 0.576. The molecular weight excluding hydrogens is 170 g/mol. The average Bonchev–Trinajstić information content (AvgIpc) is 2.10. The largest absolute Gasteiger partial charge is 0.480 e. The normalized spacial score (nSPS) is 31.5. The van der Waals surface area contributed by atoms with E-state index in [1.54, 1.807) is 11.9 Å². The van der Waals surface area contributed by atoms with Crippen molar-refractivity contribution >= 4 is 18.4 Å². The van der Waals surface area contributed by atoms with Gasteiger partial charge in [0.05, 0.1) is 6.10 Å². The number of aliphatic carboxylic acids is 1. The van der Waals surface area contributed by atoms with E-state index in [4.69, 9.17) is 10.2 Å². The van der Waals surface area contributed by atoms with E-state index >= 15 is 0 Å². The lowest BCUT2D eigenvalue weighted by atomic mass is 10.2. The molecule has 1 rings (SSSR count). The summed E-state index contributed by atoms with van der Waals surface area (Å²) in [7, 11) is 1.70. The van der Waals surface area contributed by atoms with E-state index < -0.39 is 18.1 Å². The average molecular weight is 182 g/mol. The molecule has 0 aromatic carbocycles. The van der Waals surface area contributed by atoms with Crippen LogP contribution in [0.2, 0.25) is 0 Å². The lowest BCUT2D eigenvalue weighted by molar-refractivity contribution is -0.141. The fourth-order valence-corrected chi connectivity index (χ4v) is 1.26. The Morgan fingerprint density at radius 3 is 2.36 bits per heavy atom. The van der Waals surface area contributed by atoms with Crippen LogP contribution in [0.5, 0.6) is 0 Å². The van der Waals surface area contributed by atoms with E-state index in [2.05, 4.69) is 0 Å². The summed E-state index contributed by atoms with van der Waals surface area (Å²) in [6.45, 7) is 0.469. The van der Waals surface area contributed by atoms with Gasteiger partial charge in [-0.15, -0.1) is 12.4 Å². The Morgan fingerprint density at radius 1 is 1.64 bits per heavy atom. The predicted molar refractivity (Wildman–Crippen MR) is 41.9 cm³/mol. The number of hydrogen-bond donors (Lipinski definition) is 2. The minimum absolute atomic E-state index is 0. The van der Waals surface area contributed by atoms with E-state index in [-0.39, 0.29) is 12.4 Å². The number of β-amino-alcohol motifs (C(OH)–C–C–N with tert-alkyl or cyclic N) is 1. The second-order valence-corrected chi connectivity index (χ2v) is 2.68. The maximum absolute atomic E-state index is 10.4. The van der Waals surface area contributed by atoms with Crippen molar-refractivity contribution in [1.29, 1.82) is 0 Å². The van der Waals surface area contributed by atoms with Gasteiger partial charge in [0.1, 0.15) is 6.04 Å². The van der Waals surface area contributed by atoms with E-state index in [0.29, 0.717) is 13.0 Å². The van der Waals surface area contributed by atoms with Gasteiger partial charge in [-0.1, -0.05) is 0 Å². The first-order valence-corrected chi connectivity index (χ1v) is 3.22. The zero-order valence-electron chi connectivity index (χ0n) is 6.23. The minimum Gasteiger partial charge on any atom is -0.480 e. The Bertz CT molecular complexity index is 153. The number of rotatable bonds is 1. The van der Waals surface area contributed by atoms with Crippen LogP contribution in [0.15, 0.2) is 0 Å². The number of aliphatic hydroxyl groups excluding tert-OH is 1. The zero-order valence-corrected chi connectivity index (χ0v) is 7.04. The molecule has 0 radical (unpaired) electrons. The molecule has 0 spiro atoms. The van der Waals surface area contributed by atoms with Gasteiger partial charge < -0.3 is 10.2 Å². The number of halogens is 1. The first kappa shape index (κ1) is 10.7. The fourth-order valence-electron chi connectivity index (χ4n) is 1.26. The minimum atomic E-state index is -0.848. The van der Waals surface area contributed by atoms with Crippen molar-refractivity contribution in [1.82, 2.24) is 4.90 Å². The van der Waals surface area contributed by atoms with Crippen molar-refractivity contribution in [3.8, 4) is 0 Å². The third-order valence-electron chi connectivity index (χ3n) is 1.81. The Balaban J connectivity index is 0.000001000. The lowest BCUT2D eigenvalue weighted by Crippen LogP contribution is -2.32. The van der Waals surface area contributed by atoms with Gasteiger partial charge in [-0.2, -0.15) is 0 Å². The summed E-state index contributed by atoms with van der Waals surface area (Å²) in [5, 5.41) is 17.6. The summed E-state index contributed by atoms with van der Waals surface area (Å²) in [6.07, 6.45) is -0.114. The molecule has 0 saturated carbocycles. The number of likely N-dealkylation sites (N-methyl/N-ethyl adjacent to an activating group) is 1. The molecule has 1 saturated heterocycles. The van der Waals surface area contributed by atoms with Gasteiger partial charge in [0.25, 0.3) is 0 Å². The zero-order chi connectivity index (χ0) is 7.72. The molecule has 66 valence electrons. The molecule has 1 aliphatic rings. The molecule has 0 unspecified atom stereocenters. The molecule has 1 fully saturated rings. The van der Waals surface area contributed by atoms with Crippen LogP contribution in [0.3, 0.4) is 0 Å². The Hall–Kier alpha value is -0.320. The highest BCUT2D eigenvalue weighted by Gasteiger charge is 2.32. The summed E-state index contributed by atoms with van der Waals surface area (Å²) in [5.74, 6) is -0.848. The van der Waals surface area contributed by atoms with E-state index in [9.17, 15) is 4.79 Å². The number of carboxylic acid groups (broad SMARTS) is 1. The molecule has 0 aromatic heterocycles. The van der Waals surface area contributed by atoms with Crippen molar-refractivity contribution in [3.05, 3.63) is 0 Å². The molecule has 1 heterocycles. The summed E-state index contributed by atoms with van der Waals surface area (Å²) in [6, 6.07) is -0.491. The fraction of sp³-hybridized carbons (Fsp3) is 0.833. The number of hydrogen-bond acceptors (Lipinski definition) is 3. The van der Waals surface area contributed by atoms with Gasteiger partial charge in [0.15, 0.2) is 0 Å². The molecule has 2 N–H and O–H groups in total. The highest BCUT2D eigenvalue weighted by Crippen LogP contribution is 2.14. The number of likely N-dealkylation sites (tertiary alicyclic amines) is 1. The Labute approximate surface area is 71.2 Å². The predicted octanol–water partition coefficient (Wildman–Crippen LogP) is -0.442. The molecular formula is C6H12ClNO3. The van der Waals surface area contributed by atoms with Crippen molar-refractivity contribution < 1.29 is 15.0 Å². The second-order valence-electron chi connectivity index (χ2n) is 2.68. The molecule has 1 aliphatic heterocycles. The summed E-state index contributed by atoms with van der Waals surface area (Å²) in [5.41, 5.74) is 0. The van der Waals surface area contributed by atoms with Crippen molar-refractivity contribution in [2.24, 2.45) is 0 Å². The van der Waals surface area contributed by atoms with Crippen LogP contribution < -0.4 is 0 Å². The van der Waals surface area contributed by atoms with Crippen LogP contribution in [0.25, 0.3) is 0 Å². The van der Waals surface area contributed by atoms with Crippen LogP contribution in [-0.4, -0.2) is 46.8 Å².